The second kappa shape index (κ2) is 5.69. The molecule has 1 aliphatic carbocycles. The van der Waals surface area contributed by atoms with Crippen LogP contribution in [0, 0.1) is 0 Å². The molecular weight excluding hydrogens is 244 g/mol. The Morgan fingerprint density at radius 3 is 2.79 bits per heavy atom. The number of rotatable bonds is 4. The molecule has 19 heavy (non-hydrogen) atoms. The maximum Gasteiger partial charge on any atom is 0.243 e. The summed E-state index contributed by atoms with van der Waals surface area (Å²) in [6.07, 6.45) is 7.14. The highest BCUT2D eigenvalue weighted by Crippen LogP contribution is 2.21. The summed E-state index contributed by atoms with van der Waals surface area (Å²) in [7, 11) is 0. The standard InChI is InChI=1S/C13H20N4O2/c18-12(15-9-4-2-1-3-5-9)8-11-16-13(19-17-11)10-6-7-14-10/h9-10,14H,1-8H2,(H,15,18)/t10-/m1/s1. The SMILES string of the molecule is O=C(Cc1noc([C@H]2CCN2)n1)NC1CCCCC1. The molecular formula is C13H20N4O2. The van der Waals surface area contributed by atoms with Gasteiger partial charge in [0, 0.05) is 6.04 Å². The first-order valence-electron chi connectivity index (χ1n) is 7.16. The van der Waals surface area contributed by atoms with Gasteiger partial charge in [-0.15, -0.1) is 0 Å². The smallest absolute Gasteiger partial charge is 0.243 e. The molecule has 1 saturated carbocycles. The quantitative estimate of drug-likeness (QED) is 0.851. The number of nitrogens with one attached hydrogen (secondary N) is 2. The Kier molecular flexibility index (Phi) is 3.77. The molecule has 104 valence electrons. The largest absolute Gasteiger partial charge is 0.353 e. The number of amides is 1. The van der Waals surface area contributed by atoms with E-state index in [-0.39, 0.29) is 18.4 Å². The van der Waals surface area contributed by atoms with Gasteiger partial charge in [0.1, 0.15) is 0 Å². The van der Waals surface area contributed by atoms with Crippen molar-refractivity contribution in [2.24, 2.45) is 0 Å². The van der Waals surface area contributed by atoms with E-state index < -0.39 is 0 Å². The monoisotopic (exact) mass is 264 g/mol. The molecule has 2 heterocycles. The molecule has 1 aliphatic heterocycles. The topological polar surface area (TPSA) is 80.1 Å². The van der Waals surface area contributed by atoms with Crippen LogP contribution in [0.1, 0.15) is 56.3 Å². The third-order valence-corrected chi connectivity index (χ3v) is 3.89. The number of aromatic nitrogens is 2. The van der Waals surface area contributed by atoms with E-state index in [1.165, 1.54) is 19.3 Å². The number of nitrogens with zero attached hydrogens (tertiary/aromatic N) is 2. The molecule has 0 aromatic carbocycles. The number of hydrogen-bond acceptors (Lipinski definition) is 5. The maximum atomic E-state index is 11.9. The highest BCUT2D eigenvalue weighted by molar-refractivity contribution is 5.78. The molecule has 2 N–H and O–H groups in total. The van der Waals surface area contributed by atoms with E-state index >= 15 is 0 Å². The lowest BCUT2D eigenvalue weighted by molar-refractivity contribution is -0.121. The summed E-state index contributed by atoms with van der Waals surface area (Å²) < 4.78 is 5.16. The first-order valence-corrected chi connectivity index (χ1v) is 7.16. The summed E-state index contributed by atoms with van der Waals surface area (Å²) in [6.45, 7) is 0.991. The van der Waals surface area contributed by atoms with Crippen LogP contribution in [-0.2, 0) is 11.2 Å². The first-order chi connectivity index (χ1) is 9.31. The van der Waals surface area contributed by atoms with Crippen LogP contribution in [-0.4, -0.2) is 28.6 Å². The van der Waals surface area contributed by atoms with E-state index in [0.29, 0.717) is 17.8 Å². The van der Waals surface area contributed by atoms with E-state index in [2.05, 4.69) is 20.8 Å². The van der Waals surface area contributed by atoms with Crippen molar-refractivity contribution in [1.82, 2.24) is 20.8 Å². The minimum atomic E-state index is 0.000758. The van der Waals surface area contributed by atoms with Gasteiger partial charge >= 0.3 is 0 Å². The predicted octanol–water partition coefficient (Wildman–Crippen LogP) is 1.10. The van der Waals surface area contributed by atoms with Gasteiger partial charge in [0.25, 0.3) is 0 Å². The average molecular weight is 264 g/mol. The van der Waals surface area contributed by atoms with Gasteiger partial charge in [0.15, 0.2) is 5.82 Å². The number of carbonyl (C=O) groups is 1. The highest BCUT2D eigenvalue weighted by atomic mass is 16.5. The number of carbonyl (C=O) groups excluding carboxylic acids is 1. The summed E-state index contributed by atoms with van der Waals surface area (Å²) in [4.78, 5) is 16.2. The van der Waals surface area contributed by atoms with Gasteiger partial charge in [-0.25, -0.2) is 0 Å². The van der Waals surface area contributed by atoms with Crippen molar-refractivity contribution < 1.29 is 9.32 Å². The molecule has 2 fully saturated rings. The molecule has 0 spiro atoms. The zero-order chi connectivity index (χ0) is 13.1. The van der Waals surface area contributed by atoms with Crippen molar-refractivity contribution in [3.05, 3.63) is 11.7 Å². The van der Waals surface area contributed by atoms with Crippen LogP contribution < -0.4 is 10.6 Å². The van der Waals surface area contributed by atoms with E-state index in [0.717, 1.165) is 25.8 Å². The molecule has 0 bridgehead atoms. The van der Waals surface area contributed by atoms with Crippen LogP contribution in [0.5, 0.6) is 0 Å². The molecule has 6 heteroatoms. The Balaban J connectivity index is 1.49. The van der Waals surface area contributed by atoms with E-state index in [1.54, 1.807) is 0 Å². The third-order valence-electron chi connectivity index (χ3n) is 3.89. The van der Waals surface area contributed by atoms with Gasteiger partial charge in [0.2, 0.25) is 11.8 Å². The highest BCUT2D eigenvalue weighted by Gasteiger charge is 2.25. The van der Waals surface area contributed by atoms with Crippen LogP contribution in [0.2, 0.25) is 0 Å². The van der Waals surface area contributed by atoms with Crippen molar-refractivity contribution in [2.45, 2.75) is 57.0 Å². The second-order valence-corrected chi connectivity index (χ2v) is 5.42. The zero-order valence-corrected chi connectivity index (χ0v) is 11.0. The molecule has 1 saturated heterocycles. The van der Waals surface area contributed by atoms with Crippen molar-refractivity contribution in [1.29, 1.82) is 0 Å². The van der Waals surface area contributed by atoms with E-state index in [4.69, 9.17) is 4.52 Å². The van der Waals surface area contributed by atoms with Crippen LogP contribution in [0.3, 0.4) is 0 Å². The molecule has 1 aromatic rings. The minimum absolute atomic E-state index is 0.000758. The molecule has 0 radical (unpaired) electrons. The van der Waals surface area contributed by atoms with Gasteiger partial charge in [-0.3, -0.25) is 4.79 Å². The van der Waals surface area contributed by atoms with Crippen LogP contribution in [0.4, 0.5) is 0 Å². The average Bonchev–Trinajstić information content (AvgIpc) is 2.76. The molecule has 0 unspecified atom stereocenters. The molecule has 2 aliphatic rings. The lowest BCUT2D eigenvalue weighted by atomic mass is 9.95. The van der Waals surface area contributed by atoms with Crippen molar-refractivity contribution >= 4 is 5.91 Å². The Hall–Kier alpha value is -1.43. The Morgan fingerprint density at radius 2 is 2.11 bits per heavy atom. The zero-order valence-electron chi connectivity index (χ0n) is 11.0. The summed E-state index contributed by atoms with van der Waals surface area (Å²) in [6, 6.07) is 0.517. The minimum Gasteiger partial charge on any atom is -0.353 e. The van der Waals surface area contributed by atoms with Crippen molar-refractivity contribution in [3.8, 4) is 0 Å². The fourth-order valence-corrected chi connectivity index (χ4v) is 2.65. The second-order valence-electron chi connectivity index (χ2n) is 5.42. The molecule has 1 aromatic heterocycles. The van der Waals surface area contributed by atoms with Gasteiger partial charge in [-0.1, -0.05) is 24.4 Å². The predicted molar refractivity (Wildman–Crippen MR) is 68.4 cm³/mol. The Morgan fingerprint density at radius 1 is 1.32 bits per heavy atom. The van der Waals surface area contributed by atoms with E-state index in [1.807, 2.05) is 0 Å². The third kappa shape index (κ3) is 3.12. The Bertz CT molecular complexity index is 436. The summed E-state index contributed by atoms with van der Waals surface area (Å²) in [5.74, 6) is 1.09. The molecule has 6 nitrogen and oxygen atoms in total. The molecule has 1 amide bonds. The summed E-state index contributed by atoms with van der Waals surface area (Å²) >= 11 is 0. The van der Waals surface area contributed by atoms with Gasteiger partial charge < -0.3 is 15.2 Å². The van der Waals surface area contributed by atoms with Crippen molar-refractivity contribution in [2.75, 3.05) is 6.54 Å². The molecule has 3 rings (SSSR count). The summed E-state index contributed by atoms with van der Waals surface area (Å²) in [5.41, 5.74) is 0. The van der Waals surface area contributed by atoms with Gasteiger partial charge in [-0.2, -0.15) is 4.98 Å². The number of hydrogen-bond donors (Lipinski definition) is 2. The van der Waals surface area contributed by atoms with Crippen LogP contribution >= 0.6 is 0 Å². The maximum absolute atomic E-state index is 11.9. The first kappa shape index (κ1) is 12.6. The fraction of sp³-hybridized carbons (Fsp3) is 0.769. The fourth-order valence-electron chi connectivity index (χ4n) is 2.65. The summed E-state index contributed by atoms with van der Waals surface area (Å²) in [5, 5.41) is 10.1. The van der Waals surface area contributed by atoms with Crippen LogP contribution in [0.15, 0.2) is 4.52 Å². The van der Waals surface area contributed by atoms with Crippen LogP contribution in [0.25, 0.3) is 0 Å². The van der Waals surface area contributed by atoms with Gasteiger partial charge in [0.05, 0.1) is 12.5 Å². The lowest BCUT2D eigenvalue weighted by Gasteiger charge is -2.23. The van der Waals surface area contributed by atoms with E-state index in [9.17, 15) is 4.79 Å². The normalized spacial score (nSPS) is 23.9. The van der Waals surface area contributed by atoms with Crippen molar-refractivity contribution in [3.63, 3.8) is 0 Å². The lowest BCUT2D eigenvalue weighted by Crippen LogP contribution is -2.37. The molecule has 1 atom stereocenters. The Labute approximate surface area is 112 Å². The van der Waals surface area contributed by atoms with Gasteiger partial charge in [-0.05, 0) is 25.8 Å².